The monoisotopic (exact) mass is 389 g/mol. The van der Waals surface area contributed by atoms with Gasteiger partial charge < -0.3 is 0 Å². The van der Waals surface area contributed by atoms with Crippen molar-refractivity contribution in [1.29, 1.82) is 0 Å². The van der Waals surface area contributed by atoms with Crippen molar-refractivity contribution in [3.8, 4) is 0 Å². The summed E-state index contributed by atoms with van der Waals surface area (Å²) >= 11 is 6.23. The molecule has 1 saturated carbocycles. The zero-order valence-electron chi connectivity index (χ0n) is 14.2. The molecule has 25 heavy (non-hydrogen) atoms. The summed E-state index contributed by atoms with van der Waals surface area (Å²) < 4.78 is 44.4. The van der Waals surface area contributed by atoms with Gasteiger partial charge in [0.05, 0.1) is 6.04 Å². The van der Waals surface area contributed by atoms with Gasteiger partial charge in [-0.3, -0.25) is 4.90 Å². The molecular formula is C17H25ClFN3O2S. The molecule has 0 bridgehead atoms. The largest absolute Gasteiger partial charge is 0.295 e. The first kappa shape index (κ1) is 19.0. The van der Waals surface area contributed by atoms with E-state index in [0.29, 0.717) is 10.6 Å². The lowest BCUT2D eigenvalue weighted by molar-refractivity contribution is 0.241. The molecule has 2 fully saturated rings. The van der Waals surface area contributed by atoms with Gasteiger partial charge in [0.15, 0.2) is 0 Å². The van der Waals surface area contributed by atoms with Gasteiger partial charge in [-0.25, -0.2) is 9.11 Å². The Morgan fingerprint density at radius 3 is 2.52 bits per heavy atom. The number of hydrogen-bond acceptors (Lipinski definition) is 3. The van der Waals surface area contributed by atoms with E-state index in [0.717, 1.165) is 51.6 Å². The predicted octanol–water partition coefficient (Wildman–Crippen LogP) is 2.98. The molecule has 0 spiro atoms. The molecule has 3 rings (SSSR count). The molecule has 2 aliphatic rings. The summed E-state index contributed by atoms with van der Waals surface area (Å²) in [6, 6.07) is 4.17. The molecule has 8 heteroatoms. The van der Waals surface area contributed by atoms with Crippen LogP contribution in [0.2, 0.25) is 5.02 Å². The number of halogens is 2. The van der Waals surface area contributed by atoms with E-state index in [1.807, 2.05) is 0 Å². The van der Waals surface area contributed by atoms with Gasteiger partial charge in [0.1, 0.15) is 5.82 Å². The third-order valence-electron chi connectivity index (χ3n) is 5.06. The quantitative estimate of drug-likeness (QED) is 0.753. The van der Waals surface area contributed by atoms with E-state index >= 15 is 0 Å². The van der Waals surface area contributed by atoms with Crippen LogP contribution in [0.1, 0.15) is 50.1 Å². The van der Waals surface area contributed by atoms with Crippen LogP contribution in [-0.4, -0.2) is 39.0 Å². The molecule has 0 radical (unpaired) electrons. The Bertz CT molecular complexity index is 669. The second-order valence-corrected chi connectivity index (χ2v) is 8.78. The number of rotatable bonds is 7. The summed E-state index contributed by atoms with van der Waals surface area (Å²) in [5, 5.41) is 0.333. The van der Waals surface area contributed by atoms with Crippen LogP contribution in [0, 0.1) is 5.82 Å². The Hall–Kier alpha value is -0.730. The van der Waals surface area contributed by atoms with Crippen molar-refractivity contribution in [3.63, 3.8) is 0 Å². The molecule has 1 aromatic carbocycles. The standard InChI is InChI=1S/C17H25ClFN3O2S/c18-14-8-5-9-15(19)17(14)16(22-10-3-4-11-22)12-20-25(23,24)21-13-6-1-2-7-13/h5,8-9,13,16,20-21H,1-4,6-7,10-12H2. The number of likely N-dealkylation sites (tertiary alicyclic amines) is 1. The zero-order chi connectivity index (χ0) is 17.9. The van der Waals surface area contributed by atoms with Crippen molar-refractivity contribution in [3.05, 3.63) is 34.6 Å². The van der Waals surface area contributed by atoms with Gasteiger partial charge in [-0.05, 0) is 50.9 Å². The molecule has 1 aliphatic heterocycles. The molecule has 2 N–H and O–H groups in total. The van der Waals surface area contributed by atoms with E-state index in [2.05, 4.69) is 14.3 Å². The molecule has 1 heterocycles. The van der Waals surface area contributed by atoms with E-state index in [-0.39, 0.29) is 12.6 Å². The van der Waals surface area contributed by atoms with Gasteiger partial charge in [0, 0.05) is 23.2 Å². The molecule has 1 aliphatic carbocycles. The maximum absolute atomic E-state index is 14.4. The van der Waals surface area contributed by atoms with Crippen molar-refractivity contribution < 1.29 is 12.8 Å². The zero-order valence-corrected chi connectivity index (χ0v) is 15.8. The number of nitrogens with one attached hydrogen (secondary N) is 2. The maximum Gasteiger partial charge on any atom is 0.277 e. The average Bonchev–Trinajstić information content (AvgIpc) is 3.23. The highest BCUT2D eigenvalue weighted by Crippen LogP contribution is 2.32. The Morgan fingerprint density at radius 1 is 1.20 bits per heavy atom. The first-order valence-electron chi connectivity index (χ1n) is 8.91. The molecule has 0 aromatic heterocycles. The summed E-state index contributed by atoms with van der Waals surface area (Å²) in [6.07, 6.45) is 5.89. The first-order valence-corrected chi connectivity index (χ1v) is 10.8. The smallest absolute Gasteiger partial charge is 0.277 e. The van der Waals surface area contributed by atoms with Crippen LogP contribution in [0.15, 0.2) is 18.2 Å². The number of nitrogens with zero attached hydrogens (tertiary/aromatic N) is 1. The lowest BCUT2D eigenvalue weighted by Gasteiger charge is -2.29. The van der Waals surface area contributed by atoms with Crippen molar-refractivity contribution in [2.24, 2.45) is 0 Å². The van der Waals surface area contributed by atoms with Gasteiger partial charge in [-0.2, -0.15) is 13.1 Å². The van der Waals surface area contributed by atoms with Gasteiger partial charge in [-0.15, -0.1) is 0 Å². The van der Waals surface area contributed by atoms with E-state index in [1.165, 1.54) is 6.07 Å². The van der Waals surface area contributed by atoms with Crippen molar-refractivity contribution >= 4 is 21.8 Å². The van der Waals surface area contributed by atoms with Crippen LogP contribution >= 0.6 is 11.6 Å². The lowest BCUT2D eigenvalue weighted by Crippen LogP contribution is -2.45. The van der Waals surface area contributed by atoms with Gasteiger partial charge in [0.2, 0.25) is 0 Å². The second-order valence-electron chi connectivity index (χ2n) is 6.85. The van der Waals surface area contributed by atoms with Crippen LogP contribution in [-0.2, 0) is 10.2 Å². The Balaban J connectivity index is 1.74. The Kier molecular flexibility index (Phi) is 6.33. The lowest BCUT2D eigenvalue weighted by atomic mass is 10.0. The minimum atomic E-state index is -3.62. The molecule has 5 nitrogen and oxygen atoms in total. The SMILES string of the molecule is O=S(=O)(NCC(c1c(F)cccc1Cl)N1CCCC1)NC1CCCC1. The fourth-order valence-corrected chi connectivity index (χ4v) is 5.21. The fourth-order valence-electron chi connectivity index (χ4n) is 3.79. The normalized spacial score (nSPS) is 21.0. The van der Waals surface area contributed by atoms with Crippen LogP contribution in [0.4, 0.5) is 4.39 Å². The van der Waals surface area contributed by atoms with Gasteiger partial charge in [0.25, 0.3) is 10.2 Å². The molecule has 1 saturated heterocycles. The molecule has 1 atom stereocenters. The Morgan fingerprint density at radius 2 is 1.88 bits per heavy atom. The van der Waals surface area contributed by atoms with Crippen LogP contribution in [0.25, 0.3) is 0 Å². The van der Waals surface area contributed by atoms with Crippen LogP contribution < -0.4 is 9.44 Å². The summed E-state index contributed by atoms with van der Waals surface area (Å²) in [6.45, 7) is 1.73. The summed E-state index contributed by atoms with van der Waals surface area (Å²) in [4.78, 5) is 2.10. The predicted molar refractivity (Wildman–Crippen MR) is 97.3 cm³/mol. The minimum Gasteiger partial charge on any atom is -0.295 e. The van der Waals surface area contributed by atoms with E-state index in [1.54, 1.807) is 12.1 Å². The number of benzene rings is 1. The number of hydrogen-bond donors (Lipinski definition) is 2. The Labute approximate surface area is 154 Å². The summed E-state index contributed by atoms with van der Waals surface area (Å²) in [5.74, 6) is -0.396. The van der Waals surface area contributed by atoms with E-state index < -0.39 is 22.1 Å². The highest BCUT2D eigenvalue weighted by Gasteiger charge is 2.29. The second kappa shape index (κ2) is 8.31. The van der Waals surface area contributed by atoms with E-state index in [4.69, 9.17) is 11.6 Å². The third-order valence-corrected chi connectivity index (χ3v) is 6.58. The molecule has 0 amide bonds. The van der Waals surface area contributed by atoms with Gasteiger partial charge >= 0.3 is 0 Å². The molecule has 1 aromatic rings. The maximum atomic E-state index is 14.4. The van der Waals surface area contributed by atoms with Crippen molar-refractivity contribution in [1.82, 2.24) is 14.3 Å². The first-order chi connectivity index (χ1) is 12.0. The van der Waals surface area contributed by atoms with Crippen LogP contribution in [0.5, 0.6) is 0 Å². The minimum absolute atomic E-state index is 0.000198. The average molecular weight is 390 g/mol. The van der Waals surface area contributed by atoms with E-state index in [9.17, 15) is 12.8 Å². The highest BCUT2D eigenvalue weighted by molar-refractivity contribution is 7.87. The molecule has 1 unspecified atom stereocenters. The third kappa shape index (κ3) is 4.92. The van der Waals surface area contributed by atoms with Gasteiger partial charge in [-0.1, -0.05) is 30.5 Å². The fraction of sp³-hybridized carbons (Fsp3) is 0.647. The topological polar surface area (TPSA) is 61.4 Å². The molecule has 140 valence electrons. The highest BCUT2D eigenvalue weighted by atomic mass is 35.5. The molecular weight excluding hydrogens is 365 g/mol. The van der Waals surface area contributed by atoms with Crippen molar-refractivity contribution in [2.45, 2.75) is 50.6 Å². The van der Waals surface area contributed by atoms with Crippen molar-refractivity contribution in [2.75, 3.05) is 19.6 Å². The summed E-state index contributed by atoms with van der Waals surface area (Å²) in [7, 11) is -3.62. The summed E-state index contributed by atoms with van der Waals surface area (Å²) in [5.41, 5.74) is 0.370. The van der Waals surface area contributed by atoms with Crippen LogP contribution in [0.3, 0.4) is 0 Å².